The number of hydrazine groups is 1. The Morgan fingerprint density at radius 2 is 1.81 bits per heavy atom. The fraction of sp³-hybridized carbons (Fsp3) is 0.300. The van der Waals surface area contributed by atoms with Crippen molar-refractivity contribution in [2.45, 2.75) is 38.6 Å². The highest BCUT2D eigenvalue weighted by Gasteiger charge is 2.40. The highest BCUT2D eigenvalue weighted by atomic mass is 35.5. The lowest BCUT2D eigenvalue weighted by molar-refractivity contribution is -0.121. The number of nitrogens with one attached hydrogen (secondary N) is 4. The summed E-state index contributed by atoms with van der Waals surface area (Å²) in [6.07, 6.45) is -0.150. The smallest absolute Gasteiger partial charge is 0.251 e. The van der Waals surface area contributed by atoms with Gasteiger partial charge in [-0.05, 0) is 62.4 Å². The van der Waals surface area contributed by atoms with Gasteiger partial charge < -0.3 is 30.5 Å². The average molecular weight is 593 g/mol. The van der Waals surface area contributed by atoms with Crippen LogP contribution in [0.15, 0.2) is 65.7 Å². The standard InChI is InChI=1S/C30H33ClN6O5/c1-3-32-27(40)16-23-29-36-35-17(2)37(29)24-10-9-21(15-22(24)28(34-23)18-4-7-20(31)8-5-18)42-13-12-33-30(41)19-6-11-25(38)26(39)14-19/h4-11,14-15,17,23,29,35-36,38-39H,3,12-13,16H2,1-2H3,(H,32,40)(H,33,41)/t17?,23-,29?/m0/s1. The molecule has 42 heavy (non-hydrogen) atoms. The monoisotopic (exact) mass is 592 g/mol. The van der Waals surface area contributed by atoms with Crippen LogP contribution < -0.4 is 31.1 Å². The highest BCUT2D eigenvalue weighted by Crippen LogP contribution is 2.36. The Bertz CT molecular complexity index is 1500. The second kappa shape index (κ2) is 12.7. The molecule has 2 aliphatic heterocycles. The molecule has 3 aromatic rings. The Hall–Kier alpha value is -4.32. The summed E-state index contributed by atoms with van der Waals surface area (Å²) in [4.78, 5) is 32.4. The van der Waals surface area contributed by atoms with Crippen LogP contribution in [0.2, 0.25) is 5.02 Å². The molecular formula is C30H33ClN6O5. The fourth-order valence-corrected chi connectivity index (χ4v) is 5.23. The van der Waals surface area contributed by atoms with Crippen LogP contribution in [0.3, 0.4) is 0 Å². The minimum atomic E-state index is -0.403. The number of nitrogens with zero attached hydrogens (tertiary/aromatic N) is 2. The normalized spacial score (nSPS) is 19.3. The van der Waals surface area contributed by atoms with Gasteiger partial charge in [0.05, 0.1) is 30.9 Å². The zero-order valence-electron chi connectivity index (χ0n) is 23.2. The topological polar surface area (TPSA) is 148 Å². The lowest BCUT2D eigenvalue weighted by Gasteiger charge is -2.31. The largest absolute Gasteiger partial charge is 0.504 e. The number of hydrogen-bond acceptors (Lipinski definition) is 9. The summed E-state index contributed by atoms with van der Waals surface area (Å²) in [6, 6.07) is 16.7. The SMILES string of the molecule is CCNC(=O)C[C@@H]1N=C(c2ccc(Cl)cc2)c2cc(OCCNC(=O)c3ccc(O)c(O)c3)ccc2N2C(C)NNC12. The Kier molecular flexibility index (Phi) is 8.81. The van der Waals surface area contributed by atoms with Crippen molar-refractivity contribution in [1.82, 2.24) is 21.5 Å². The number of aliphatic imine (C=N–C) groups is 1. The number of aromatic hydroxyl groups is 2. The molecule has 220 valence electrons. The van der Waals surface area contributed by atoms with E-state index in [0.29, 0.717) is 23.0 Å². The number of phenols is 2. The minimum absolute atomic E-state index is 0.0772. The van der Waals surface area contributed by atoms with Gasteiger partial charge in [-0.2, -0.15) is 0 Å². The van der Waals surface area contributed by atoms with Crippen LogP contribution in [0.25, 0.3) is 0 Å². The number of amides is 2. The van der Waals surface area contributed by atoms with Crippen LogP contribution in [-0.2, 0) is 4.79 Å². The van der Waals surface area contributed by atoms with E-state index in [2.05, 4.69) is 26.4 Å². The maximum Gasteiger partial charge on any atom is 0.251 e. The maximum atomic E-state index is 12.7. The van der Waals surface area contributed by atoms with E-state index in [1.165, 1.54) is 18.2 Å². The van der Waals surface area contributed by atoms with Crippen molar-refractivity contribution >= 4 is 34.8 Å². The van der Waals surface area contributed by atoms with Gasteiger partial charge in [0, 0.05) is 33.9 Å². The van der Waals surface area contributed by atoms with E-state index in [-0.39, 0.29) is 54.9 Å². The van der Waals surface area contributed by atoms with E-state index in [9.17, 15) is 19.8 Å². The zero-order valence-corrected chi connectivity index (χ0v) is 24.0. The molecule has 1 saturated heterocycles. The molecule has 12 heteroatoms. The maximum absolute atomic E-state index is 12.7. The summed E-state index contributed by atoms with van der Waals surface area (Å²) in [7, 11) is 0. The van der Waals surface area contributed by atoms with Crippen molar-refractivity contribution < 1.29 is 24.5 Å². The second-order valence-electron chi connectivity index (χ2n) is 10.0. The number of rotatable bonds is 9. The minimum Gasteiger partial charge on any atom is -0.504 e. The molecule has 6 N–H and O–H groups in total. The van der Waals surface area contributed by atoms with Crippen LogP contribution in [0, 0.1) is 0 Å². The van der Waals surface area contributed by atoms with Crippen molar-refractivity contribution in [1.29, 1.82) is 0 Å². The first kappa shape index (κ1) is 29.2. The number of halogens is 1. The zero-order chi connectivity index (χ0) is 29.8. The van der Waals surface area contributed by atoms with Crippen molar-refractivity contribution in [2.24, 2.45) is 4.99 Å². The molecule has 0 bridgehead atoms. The van der Waals surface area contributed by atoms with Crippen LogP contribution in [0.5, 0.6) is 17.2 Å². The first-order chi connectivity index (χ1) is 20.2. The third-order valence-corrected chi connectivity index (χ3v) is 7.35. The lowest BCUT2D eigenvalue weighted by atomic mass is 9.99. The van der Waals surface area contributed by atoms with Gasteiger partial charge in [0.15, 0.2) is 11.5 Å². The molecule has 1 fully saturated rings. The number of fused-ring (bicyclic) bond motifs is 3. The molecule has 2 heterocycles. The Balaban J connectivity index is 1.41. The number of hydrogen-bond donors (Lipinski definition) is 6. The van der Waals surface area contributed by atoms with Gasteiger partial charge in [-0.15, -0.1) is 0 Å². The van der Waals surface area contributed by atoms with E-state index >= 15 is 0 Å². The van der Waals surface area contributed by atoms with E-state index < -0.39 is 11.9 Å². The van der Waals surface area contributed by atoms with Gasteiger partial charge in [-0.1, -0.05) is 23.7 Å². The van der Waals surface area contributed by atoms with Gasteiger partial charge in [0.2, 0.25) is 5.91 Å². The van der Waals surface area contributed by atoms with Crippen LogP contribution in [-0.4, -0.2) is 65.8 Å². The molecule has 0 spiro atoms. The fourth-order valence-electron chi connectivity index (χ4n) is 5.11. The van der Waals surface area contributed by atoms with Gasteiger partial charge in [0.25, 0.3) is 5.91 Å². The first-order valence-corrected chi connectivity index (χ1v) is 14.1. The van der Waals surface area contributed by atoms with E-state index in [1.54, 1.807) is 0 Å². The van der Waals surface area contributed by atoms with Crippen molar-refractivity contribution in [3.63, 3.8) is 0 Å². The Labute approximate surface area is 248 Å². The predicted molar refractivity (Wildman–Crippen MR) is 160 cm³/mol. The summed E-state index contributed by atoms with van der Waals surface area (Å²) in [6.45, 7) is 4.86. The molecule has 2 unspecified atom stereocenters. The molecule has 2 aliphatic rings. The lowest BCUT2D eigenvalue weighted by Crippen LogP contribution is -2.47. The molecule has 0 aliphatic carbocycles. The van der Waals surface area contributed by atoms with Crippen LogP contribution >= 0.6 is 11.6 Å². The van der Waals surface area contributed by atoms with E-state index in [0.717, 1.165) is 16.8 Å². The molecule has 2 amide bonds. The van der Waals surface area contributed by atoms with Gasteiger partial charge in [-0.3, -0.25) is 14.6 Å². The number of carbonyl (C=O) groups excluding carboxylic acids is 2. The molecule has 11 nitrogen and oxygen atoms in total. The number of carbonyl (C=O) groups is 2. The summed E-state index contributed by atoms with van der Waals surface area (Å²) < 4.78 is 6.01. The molecular weight excluding hydrogens is 560 g/mol. The Morgan fingerprint density at radius 3 is 2.55 bits per heavy atom. The molecule has 0 radical (unpaired) electrons. The summed E-state index contributed by atoms with van der Waals surface area (Å²) in [5.41, 5.74) is 10.1. The van der Waals surface area contributed by atoms with Crippen molar-refractivity contribution in [3.8, 4) is 17.2 Å². The molecule has 0 aromatic heterocycles. The summed E-state index contributed by atoms with van der Waals surface area (Å²) >= 11 is 6.19. The quantitative estimate of drug-likeness (QED) is 0.164. The molecule has 5 rings (SSSR count). The second-order valence-corrected chi connectivity index (χ2v) is 10.4. The van der Waals surface area contributed by atoms with Gasteiger partial charge >= 0.3 is 0 Å². The third-order valence-electron chi connectivity index (χ3n) is 7.10. The summed E-state index contributed by atoms with van der Waals surface area (Å²) in [5.74, 6) is -0.562. The van der Waals surface area contributed by atoms with Gasteiger partial charge in [-0.25, -0.2) is 10.9 Å². The van der Waals surface area contributed by atoms with Crippen molar-refractivity contribution in [3.05, 3.63) is 82.4 Å². The average Bonchev–Trinajstić information content (AvgIpc) is 3.30. The number of ether oxygens (including phenoxy) is 1. The first-order valence-electron chi connectivity index (χ1n) is 13.7. The van der Waals surface area contributed by atoms with E-state index in [1.807, 2.05) is 56.3 Å². The number of phenolic OH excluding ortho intramolecular Hbond substituents is 2. The predicted octanol–water partition coefficient (Wildman–Crippen LogP) is 2.89. The molecule has 3 aromatic carbocycles. The van der Waals surface area contributed by atoms with Crippen LogP contribution in [0.1, 0.15) is 41.8 Å². The highest BCUT2D eigenvalue weighted by molar-refractivity contribution is 6.30. The third kappa shape index (κ3) is 6.28. The molecule has 0 saturated carbocycles. The van der Waals surface area contributed by atoms with Crippen LogP contribution in [0.4, 0.5) is 5.69 Å². The van der Waals surface area contributed by atoms with E-state index in [4.69, 9.17) is 21.3 Å². The number of benzene rings is 3. The van der Waals surface area contributed by atoms with Crippen molar-refractivity contribution in [2.75, 3.05) is 24.6 Å². The number of anilines is 1. The molecule has 3 atom stereocenters. The van der Waals surface area contributed by atoms with Gasteiger partial charge in [0.1, 0.15) is 18.5 Å². The Morgan fingerprint density at radius 1 is 1.02 bits per heavy atom. The summed E-state index contributed by atoms with van der Waals surface area (Å²) in [5, 5.41) is 25.4.